The van der Waals surface area contributed by atoms with Crippen molar-refractivity contribution in [2.75, 3.05) is 6.61 Å². The first kappa shape index (κ1) is 9.27. The monoisotopic (exact) mass is 164 g/mol. The summed E-state index contributed by atoms with van der Waals surface area (Å²) < 4.78 is 0. The quantitative estimate of drug-likeness (QED) is 0.723. The Balaban J connectivity index is 2.68. The van der Waals surface area contributed by atoms with Crippen LogP contribution in [0.1, 0.15) is 24.5 Å². The first-order valence-electron chi connectivity index (χ1n) is 4.56. The minimum absolute atomic E-state index is 0.290. The topological polar surface area (TPSA) is 20.2 Å². The van der Waals surface area contributed by atoms with Crippen LogP contribution in [0.5, 0.6) is 0 Å². The van der Waals surface area contributed by atoms with Crippen LogP contribution in [0, 0.1) is 0 Å². The molecule has 66 valence electrons. The molecule has 0 saturated heterocycles. The fraction of sp³-hybridized carbons (Fsp3) is 0.455. The lowest BCUT2D eigenvalue weighted by atomic mass is 10.0. The Kier molecular flexibility index (Phi) is 3.81. The molecule has 1 heteroatoms. The second-order valence-corrected chi connectivity index (χ2v) is 2.95. The van der Waals surface area contributed by atoms with E-state index in [2.05, 4.69) is 31.2 Å². The zero-order chi connectivity index (χ0) is 8.81. The Morgan fingerprint density at radius 3 is 2.42 bits per heavy atom. The van der Waals surface area contributed by atoms with Crippen LogP contribution >= 0.6 is 0 Å². The zero-order valence-electron chi connectivity index (χ0n) is 7.59. The Morgan fingerprint density at radius 1 is 1.17 bits per heavy atom. The predicted molar refractivity (Wildman–Crippen MR) is 51.2 cm³/mol. The van der Waals surface area contributed by atoms with Crippen molar-refractivity contribution in [3.63, 3.8) is 0 Å². The Morgan fingerprint density at radius 2 is 1.83 bits per heavy atom. The second-order valence-electron chi connectivity index (χ2n) is 2.95. The molecular weight excluding hydrogens is 148 g/mol. The molecule has 12 heavy (non-hydrogen) atoms. The summed E-state index contributed by atoms with van der Waals surface area (Å²) in [5.74, 6) is 0. The molecular formula is C11H16O. The van der Waals surface area contributed by atoms with Crippen LogP contribution in [0.15, 0.2) is 24.3 Å². The van der Waals surface area contributed by atoms with E-state index < -0.39 is 0 Å². The summed E-state index contributed by atoms with van der Waals surface area (Å²) in [5, 5.41) is 8.69. The van der Waals surface area contributed by atoms with Gasteiger partial charge in [0.25, 0.3) is 0 Å². The van der Waals surface area contributed by atoms with Gasteiger partial charge in [-0.15, -0.1) is 0 Å². The zero-order valence-corrected chi connectivity index (χ0v) is 7.59. The molecule has 0 amide bonds. The molecule has 0 saturated carbocycles. The maximum Gasteiger partial charge on any atom is 0.0434 e. The highest BCUT2D eigenvalue weighted by Gasteiger charge is 1.97. The predicted octanol–water partition coefficient (Wildman–Crippen LogP) is 2.17. The Bertz CT molecular complexity index is 230. The molecule has 0 bridgehead atoms. The summed E-state index contributed by atoms with van der Waals surface area (Å²) >= 11 is 0. The van der Waals surface area contributed by atoms with E-state index in [0.717, 1.165) is 19.3 Å². The lowest BCUT2D eigenvalue weighted by molar-refractivity contribution is 0.288. The number of rotatable bonds is 4. The molecule has 0 fully saturated rings. The molecule has 0 aliphatic heterocycles. The van der Waals surface area contributed by atoms with Crippen molar-refractivity contribution < 1.29 is 5.11 Å². The Labute approximate surface area is 74.1 Å². The van der Waals surface area contributed by atoms with Gasteiger partial charge in [0.1, 0.15) is 0 Å². The fourth-order valence-corrected chi connectivity index (χ4v) is 1.42. The lowest BCUT2D eigenvalue weighted by Gasteiger charge is -2.05. The molecule has 0 unspecified atom stereocenters. The SMILES string of the molecule is CCc1ccccc1CCCO. The van der Waals surface area contributed by atoms with Gasteiger partial charge in [0.2, 0.25) is 0 Å². The standard InChI is InChI=1S/C11H16O/c1-2-10-6-3-4-7-11(10)8-5-9-12/h3-4,6-7,12H,2,5,8-9H2,1H3. The number of benzene rings is 1. The van der Waals surface area contributed by atoms with E-state index in [9.17, 15) is 0 Å². The fourth-order valence-electron chi connectivity index (χ4n) is 1.42. The molecule has 1 rings (SSSR count). The van der Waals surface area contributed by atoms with E-state index in [4.69, 9.17) is 5.11 Å². The normalized spacial score (nSPS) is 10.2. The summed E-state index contributed by atoms with van der Waals surface area (Å²) in [7, 11) is 0. The highest BCUT2D eigenvalue weighted by molar-refractivity contribution is 5.26. The van der Waals surface area contributed by atoms with Crippen molar-refractivity contribution in [3.05, 3.63) is 35.4 Å². The van der Waals surface area contributed by atoms with Crippen LogP contribution in [-0.4, -0.2) is 11.7 Å². The molecule has 0 aliphatic rings. The third-order valence-corrected chi connectivity index (χ3v) is 2.10. The van der Waals surface area contributed by atoms with Crippen molar-refractivity contribution >= 4 is 0 Å². The van der Waals surface area contributed by atoms with Crippen LogP contribution in [-0.2, 0) is 12.8 Å². The van der Waals surface area contributed by atoms with E-state index in [1.165, 1.54) is 11.1 Å². The van der Waals surface area contributed by atoms with Crippen LogP contribution < -0.4 is 0 Å². The molecule has 0 heterocycles. The second kappa shape index (κ2) is 4.94. The van der Waals surface area contributed by atoms with Gasteiger partial charge in [0.15, 0.2) is 0 Å². The van der Waals surface area contributed by atoms with E-state index >= 15 is 0 Å². The van der Waals surface area contributed by atoms with Gasteiger partial charge >= 0.3 is 0 Å². The third kappa shape index (κ3) is 2.35. The molecule has 0 radical (unpaired) electrons. The minimum atomic E-state index is 0.290. The third-order valence-electron chi connectivity index (χ3n) is 2.10. The van der Waals surface area contributed by atoms with E-state index in [0.29, 0.717) is 0 Å². The van der Waals surface area contributed by atoms with Crippen LogP contribution in [0.3, 0.4) is 0 Å². The number of aryl methyl sites for hydroxylation is 2. The van der Waals surface area contributed by atoms with E-state index in [1.54, 1.807) is 0 Å². The van der Waals surface area contributed by atoms with Gasteiger partial charge < -0.3 is 5.11 Å². The molecule has 1 aromatic rings. The largest absolute Gasteiger partial charge is 0.396 e. The maximum absolute atomic E-state index is 8.69. The van der Waals surface area contributed by atoms with Gasteiger partial charge in [-0.2, -0.15) is 0 Å². The lowest BCUT2D eigenvalue weighted by Crippen LogP contribution is -1.94. The van der Waals surface area contributed by atoms with Crippen molar-refractivity contribution in [1.29, 1.82) is 0 Å². The van der Waals surface area contributed by atoms with Crippen LogP contribution in [0.25, 0.3) is 0 Å². The van der Waals surface area contributed by atoms with Crippen molar-refractivity contribution in [2.45, 2.75) is 26.2 Å². The summed E-state index contributed by atoms with van der Waals surface area (Å²) in [6.45, 7) is 2.45. The van der Waals surface area contributed by atoms with Crippen LogP contribution in [0.4, 0.5) is 0 Å². The molecule has 0 aliphatic carbocycles. The van der Waals surface area contributed by atoms with Gasteiger partial charge in [-0.1, -0.05) is 31.2 Å². The number of hydrogen-bond acceptors (Lipinski definition) is 1. The van der Waals surface area contributed by atoms with Gasteiger partial charge in [-0.25, -0.2) is 0 Å². The van der Waals surface area contributed by atoms with Crippen LogP contribution in [0.2, 0.25) is 0 Å². The smallest absolute Gasteiger partial charge is 0.0434 e. The highest BCUT2D eigenvalue weighted by Crippen LogP contribution is 2.11. The molecule has 1 nitrogen and oxygen atoms in total. The highest BCUT2D eigenvalue weighted by atomic mass is 16.2. The number of hydrogen-bond donors (Lipinski definition) is 1. The van der Waals surface area contributed by atoms with E-state index in [1.807, 2.05) is 0 Å². The van der Waals surface area contributed by atoms with Crippen molar-refractivity contribution in [1.82, 2.24) is 0 Å². The van der Waals surface area contributed by atoms with Gasteiger partial charge in [0.05, 0.1) is 0 Å². The molecule has 1 aromatic carbocycles. The molecule has 1 N–H and O–H groups in total. The summed E-state index contributed by atoms with van der Waals surface area (Å²) in [4.78, 5) is 0. The summed E-state index contributed by atoms with van der Waals surface area (Å²) in [5.41, 5.74) is 2.79. The van der Waals surface area contributed by atoms with Gasteiger partial charge in [0, 0.05) is 6.61 Å². The average molecular weight is 164 g/mol. The maximum atomic E-state index is 8.69. The molecule has 0 aromatic heterocycles. The number of aliphatic hydroxyl groups is 1. The van der Waals surface area contributed by atoms with Gasteiger partial charge in [-0.3, -0.25) is 0 Å². The average Bonchev–Trinajstić information content (AvgIpc) is 2.15. The first-order chi connectivity index (χ1) is 5.88. The number of aliphatic hydroxyl groups excluding tert-OH is 1. The summed E-state index contributed by atoms with van der Waals surface area (Å²) in [6.07, 6.45) is 2.96. The summed E-state index contributed by atoms with van der Waals surface area (Å²) in [6, 6.07) is 8.44. The molecule has 0 spiro atoms. The molecule has 0 atom stereocenters. The minimum Gasteiger partial charge on any atom is -0.396 e. The van der Waals surface area contributed by atoms with Crippen molar-refractivity contribution in [2.24, 2.45) is 0 Å². The first-order valence-corrected chi connectivity index (χ1v) is 4.56. The van der Waals surface area contributed by atoms with Gasteiger partial charge in [-0.05, 0) is 30.4 Å². The van der Waals surface area contributed by atoms with E-state index in [-0.39, 0.29) is 6.61 Å². The Hall–Kier alpha value is -0.820. The van der Waals surface area contributed by atoms with Crippen molar-refractivity contribution in [3.8, 4) is 0 Å².